The highest BCUT2D eigenvalue weighted by molar-refractivity contribution is 5.39. The first-order valence-corrected chi connectivity index (χ1v) is 4.62. The molecule has 0 aromatic carbocycles. The summed E-state index contributed by atoms with van der Waals surface area (Å²) < 4.78 is 0. The Balaban J connectivity index is 2.80. The molecule has 0 heterocycles. The maximum atomic E-state index is 8.70. The Morgan fingerprint density at radius 3 is 2.83 bits per heavy atom. The van der Waals surface area contributed by atoms with Crippen molar-refractivity contribution < 1.29 is 0 Å². The molecule has 12 heavy (non-hydrogen) atoms. The van der Waals surface area contributed by atoms with Crippen molar-refractivity contribution in [1.29, 1.82) is 5.26 Å². The van der Waals surface area contributed by atoms with Crippen molar-refractivity contribution >= 4 is 0 Å². The summed E-state index contributed by atoms with van der Waals surface area (Å²) in [6.07, 6.45) is 7.43. The second kappa shape index (κ2) is 4.11. The normalized spacial score (nSPS) is 22.6. The van der Waals surface area contributed by atoms with Crippen molar-refractivity contribution in [2.24, 2.45) is 5.92 Å². The second-order valence-corrected chi connectivity index (χ2v) is 3.18. The van der Waals surface area contributed by atoms with Gasteiger partial charge in [0.15, 0.2) is 0 Å². The van der Waals surface area contributed by atoms with Crippen LogP contribution in [0, 0.1) is 17.2 Å². The van der Waals surface area contributed by atoms with E-state index in [1.807, 2.05) is 6.08 Å². The Morgan fingerprint density at radius 2 is 2.33 bits per heavy atom. The molecule has 0 N–H and O–H groups in total. The number of nitrogens with zero attached hydrogens (tertiary/aromatic N) is 1. The minimum Gasteiger partial charge on any atom is -0.192 e. The topological polar surface area (TPSA) is 23.8 Å². The second-order valence-electron chi connectivity index (χ2n) is 3.18. The largest absolute Gasteiger partial charge is 0.192 e. The first-order chi connectivity index (χ1) is 5.81. The van der Waals surface area contributed by atoms with Crippen molar-refractivity contribution in [3.05, 3.63) is 23.3 Å². The van der Waals surface area contributed by atoms with Crippen molar-refractivity contribution in [3.8, 4) is 6.07 Å². The molecule has 0 saturated heterocycles. The van der Waals surface area contributed by atoms with Gasteiger partial charge in [0.1, 0.15) is 0 Å². The molecule has 0 aliphatic heterocycles. The third-order valence-electron chi connectivity index (χ3n) is 2.52. The molecule has 0 spiro atoms. The van der Waals surface area contributed by atoms with E-state index in [4.69, 9.17) is 5.26 Å². The van der Waals surface area contributed by atoms with Crippen molar-refractivity contribution in [2.75, 3.05) is 0 Å². The summed E-state index contributed by atoms with van der Waals surface area (Å²) in [6.45, 7) is 4.37. The molecule has 0 aromatic heterocycles. The average Bonchev–Trinajstić information content (AvgIpc) is 2.16. The van der Waals surface area contributed by atoms with E-state index in [1.54, 1.807) is 0 Å². The fourth-order valence-electron chi connectivity index (χ4n) is 1.69. The lowest BCUT2D eigenvalue weighted by Crippen LogP contribution is -2.05. The number of rotatable bonds is 2. The zero-order chi connectivity index (χ0) is 8.97. The van der Waals surface area contributed by atoms with Crippen molar-refractivity contribution in [3.63, 3.8) is 0 Å². The average molecular weight is 161 g/mol. The summed E-state index contributed by atoms with van der Waals surface area (Å²) in [4.78, 5) is 0. The molecule has 0 aromatic rings. The van der Waals surface area contributed by atoms with Crippen molar-refractivity contribution in [1.82, 2.24) is 0 Å². The van der Waals surface area contributed by atoms with Gasteiger partial charge in [-0.2, -0.15) is 5.26 Å². The third kappa shape index (κ3) is 1.76. The fraction of sp³-hybridized carbons (Fsp3) is 0.545. The molecule has 0 amide bonds. The van der Waals surface area contributed by atoms with Gasteiger partial charge in [-0.1, -0.05) is 25.5 Å². The van der Waals surface area contributed by atoms with Crippen LogP contribution in [0.3, 0.4) is 0 Å². The Kier molecular flexibility index (Phi) is 3.10. The van der Waals surface area contributed by atoms with Crippen LogP contribution in [0.4, 0.5) is 0 Å². The van der Waals surface area contributed by atoms with E-state index in [-0.39, 0.29) is 0 Å². The highest BCUT2D eigenvalue weighted by Gasteiger charge is 2.13. The molecule has 0 fully saturated rings. The minimum atomic E-state index is 0.687. The first kappa shape index (κ1) is 9.06. The molecular formula is C11H15N. The molecular weight excluding hydrogens is 146 g/mol. The van der Waals surface area contributed by atoms with Crippen LogP contribution in [0.25, 0.3) is 0 Å². The Hall–Kier alpha value is -1.03. The predicted molar refractivity (Wildman–Crippen MR) is 50.5 cm³/mol. The summed E-state index contributed by atoms with van der Waals surface area (Å²) >= 11 is 0. The summed E-state index contributed by atoms with van der Waals surface area (Å²) in [5, 5.41) is 8.70. The molecule has 0 saturated carbocycles. The molecule has 0 radical (unpaired) electrons. The maximum absolute atomic E-state index is 8.70. The zero-order valence-corrected chi connectivity index (χ0v) is 7.80. The lowest BCUT2D eigenvalue weighted by atomic mass is 9.85. The third-order valence-corrected chi connectivity index (χ3v) is 2.52. The summed E-state index contributed by atoms with van der Waals surface area (Å²) in [5.74, 6) is 0.687. The Labute approximate surface area is 74.4 Å². The Bertz CT molecular complexity index is 253. The van der Waals surface area contributed by atoms with Gasteiger partial charge in [-0.25, -0.2) is 0 Å². The van der Waals surface area contributed by atoms with E-state index in [1.165, 1.54) is 12.0 Å². The molecule has 1 aliphatic rings. The van der Waals surface area contributed by atoms with E-state index in [9.17, 15) is 0 Å². The van der Waals surface area contributed by atoms with Gasteiger partial charge in [0.2, 0.25) is 0 Å². The van der Waals surface area contributed by atoms with Crippen LogP contribution in [-0.4, -0.2) is 0 Å². The predicted octanol–water partition coefficient (Wildman–Crippen LogP) is 3.20. The van der Waals surface area contributed by atoms with Gasteiger partial charge in [-0.05, 0) is 31.3 Å². The fourth-order valence-corrected chi connectivity index (χ4v) is 1.69. The van der Waals surface area contributed by atoms with Crippen LogP contribution >= 0.6 is 0 Å². The maximum Gasteiger partial charge on any atom is 0.0988 e. The molecule has 1 nitrogen and oxygen atoms in total. The molecule has 1 rings (SSSR count). The smallest absolute Gasteiger partial charge is 0.0988 e. The number of nitriles is 1. The van der Waals surface area contributed by atoms with Crippen molar-refractivity contribution in [2.45, 2.75) is 33.1 Å². The molecule has 0 bridgehead atoms. The SMILES string of the molecule is CCC1=CC(C#N)=CCC1CC. The highest BCUT2D eigenvalue weighted by atomic mass is 14.3. The van der Waals surface area contributed by atoms with Gasteiger partial charge in [0.25, 0.3) is 0 Å². The summed E-state index contributed by atoms with van der Waals surface area (Å²) in [6, 6.07) is 2.20. The molecule has 64 valence electrons. The standard InChI is InChI=1S/C11H15N/c1-3-10-6-5-9(8-12)7-11(10)4-2/h5,7,10H,3-4,6H2,1-2H3. The molecule has 1 atom stereocenters. The van der Waals surface area contributed by atoms with E-state index >= 15 is 0 Å². The lowest BCUT2D eigenvalue weighted by Gasteiger charge is -2.19. The number of hydrogen-bond donors (Lipinski definition) is 0. The first-order valence-electron chi connectivity index (χ1n) is 4.62. The lowest BCUT2D eigenvalue weighted by molar-refractivity contribution is 0.575. The monoisotopic (exact) mass is 161 g/mol. The van der Waals surface area contributed by atoms with E-state index in [0.717, 1.165) is 18.4 Å². The van der Waals surface area contributed by atoms with Crippen LogP contribution in [0.5, 0.6) is 0 Å². The van der Waals surface area contributed by atoms with E-state index in [2.05, 4.69) is 26.0 Å². The van der Waals surface area contributed by atoms with Crippen LogP contribution in [-0.2, 0) is 0 Å². The van der Waals surface area contributed by atoms with Crippen LogP contribution in [0.1, 0.15) is 33.1 Å². The minimum absolute atomic E-state index is 0.687. The number of hydrogen-bond acceptors (Lipinski definition) is 1. The van der Waals surface area contributed by atoms with Gasteiger partial charge in [0, 0.05) is 5.57 Å². The summed E-state index contributed by atoms with van der Waals surface area (Å²) in [7, 11) is 0. The molecule has 1 aliphatic carbocycles. The van der Waals surface area contributed by atoms with Gasteiger partial charge in [0.05, 0.1) is 6.07 Å². The van der Waals surface area contributed by atoms with E-state index < -0.39 is 0 Å². The van der Waals surface area contributed by atoms with E-state index in [0.29, 0.717) is 5.92 Å². The van der Waals surface area contributed by atoms with Crippen LogP contribution in [0.15, 0.2) is 23.3 Å². The molecule has 1 unspecified atom stereocenters. The summed E-state index contributed by atoms with van der Waals surface area (Å²) in [5.41, 5.74) is 2.29. The molecule has 1 heteroatoms. The van der Waals surface area contributed by atoms with Gasteiger partial charge in [-0.15, -0.1) is 0 Å². The van der Waals surface area contributed by atoms with Gasteiger partial charge in [-0.3, -0.25) is 0 Å². The highest BCUT2D eigenvalue weighted by Crippen LogP contribution is 2.28. The van der Waals surface area contributed by atoms with Gasteiger partial charge < -0.3 is 0 Å². The van der Waals surface area contributed by atoms with Gasteiger partial charge >= 0.3 is 0 Å². The van der Waals surface area contributed by atoms with Crippen LogP contribution in [0.2, 0.25) is 0 Å². The quantitative estimate of drug-likeness (QED) is 0.610. The zero-order valence-electron chi connectivity index (χ0n) is 7.80. The van der Waals surface area contributed by atoms with Crippen LogP contribution < -0.4 is 0 Å². The Morgan fingerprint density at radius 1 is 1.58 bits per heavy atom. The number of allylic oxidation sites excluding steroid dienone is 4.